The third kappa shape index (κ3) is 7.51. The van der Waals surface area contributed by atoms with Crippen LogP contribution < -0.4 is 25.2 Å². The SMILES string of the molecule is CCOc1cc(CN2CCC(C3CC(N(N)c4ncc(-c5cccnc5)cn4)CCN3c3ncc(-c4cccnc4)cn3)CC2)ccc1OC. The van der Waals surface area contributed by atoms with Gasteiger partial charge in [-0.25, -0.2) is 25.8 Å². The number of hydrazine groups is 1. The van der Waals surface area contributed by atoms with E-state index in [1.807, 2.05) is 74.4 Å². The molecule has 0 bridgehead atoms. The number of anilines is 2. The zero-order valence-corrected chi connectivity index (χ0v) is 28.7. The summed E-state index contributed by atoms with van der Waals surface area (Å²) in [5.41, 5.74) is 5.05. The number of aromatic nitrogens is 6. The van der Waals surface area contributed by atoms with Gasteiger partial charge in [0.05, 0.1) is 19.8 Å². The van der Waals surface area contributed by atoms with E-state index in [-0.39, 0.29) is 12.1 Å². The number of likely N-dealkylation sites (tertiary alicyclic amines) is 1. The average Bonchev–Trinajstić information content (AvgIpc) is 3.19. The molecule has 258 valence electrons. The highest BCUT2D eigenvalue weighted by Crippen LogP contribution is 2.36. The maximum absolute atomic E-state index is 6.79. The van der Waals surface area contributed by atoms with Gasteiger partial charge in [-0.2, -0.15) is 0 Å². The van der Waals surface area contributed by atoms with Crippen molar-refractivity contribution < 1.29 is 9.47 Å². The van der Waals surface area contributed by atoms with Gasteiger partial charge in [-0.1, -0.05) is 18.2 Å². The van der Waals surface area contributed by atoms with Crippen LogP contribution in [0.4, 0.5) is 11.9 Å². The summed E-state index contributed by atoms with van der Waals surface area (Å²) in [4.78, 5) is 32.5. The van der Waals surface area contributed by atoms with Gasteiger partial charge in [0.15, 0.2) is 11.5 Å². The van der Waals surface area contributed by atoms with E-state index >= 15 is 0 Å². The summed E-state index contributed by atoms with van der Waals surface area (Å²) in [7, 11) is 1.68. The second-order valence-corrected chi connectivity index (χ2v) is 12.9. The van der Waals surface area contributed by atoms with Crippen molar-refractivity contribution in [2.24, 2.45) is 11.8 Å². The third-order valence-corrected chi connectivity index (χ3v) is 9.87. The Morgan fingerprint density at radius 1 is 0.780 bits per heavy atom. The number of nitrogens with two attached hydrogens (primary N) is 1. The molecule has 4 aromatic heterocycles. The van der Waals surface area contributed by atoms with Crippen molar-refractivity contribution in [2.45, 2.75) is 51.2 Å². The number of pyridine rings is 2. The van der Waals surface area contributed by atoms with Crippen molar-refractivity contribution in [2.75, 3.05) is 43.3 Å². The van der Waals surface area contributed by atoms with Crippen LogP contribution in [0.15, 0.2) is 92.0 Å². The van der Waals surface area contributed by atoms with E-state index in [2.05, 4.69) is 41.9 Å². The number of piperidine rings is 2. The van der Waals surface area contributed by atoms with Crippen molar-refractivity contribution in [1.82, 2.24) is 34.8 Å². The zero-order chi connectivity index (χ0) is 34.3. The minimum Gasteiger partial charge on any atom is -0.493 e. The lowest BCUT2D eigenvalue weighted by molar-refractivity contribution is 0.148. The predicted octanol–water partition coefficient (Wildman–Crippen LogP) is 5.43. The van der Waals surface area contributed by atoms with Crippen LogP contribution in [0, 0.1) is 5.92 Å². The molecule has 50 heavy (non-hydrogen) atoms. The first-order valence-electron chi connectivity index (χ1n) is 17.4. The fourth-order valence-electron chi connectivity index (χ4n) is 7.22. The first kappa shape index (κ1) is 33.3. The smallest absolute Gasteiger partial charge is 0.240 e. The van der Waals surface area contributed by atoms with Gasteiger partial charge < -0.3 is 14.4 Å². The molecule has 2 aliphatic heterocycles. The summed E-state index contributed by atoms with van der Waals surface area (Å²) in [6.45, 7) is 6.25. The van der Waals surface area contributed by atoms with Crippen LogP contribution in [0.3, 0.4) is 0 Å². The fraction of sp³-hybridized carbons (Fsp3) is 0.368. The number of hydrogen-bond acceptors (Lipinski definition) is 12. The standard InChI is InChI=1S/C38H44N10O2/c1-3-50-36-18-27(8-9-35(36)49-2)26-46-15-10-28(11-16-46)34-19-33(48(39)38-44-24-32(25-45-38)30-7-5-14-41-21-30)12-17-47(34)37-42-22-31(23-43-37)29-6-4-13-40-20-29/h4-9,13-14,18,20-25,28,33-34H,3,10-12,15-17,19,26,39H2,1-2H3. The maximum atomic E-state index is 6.79. The molecule has 2 unspecified atom stereocenters. The van der Waals surface area contributed by atoms with Crippen molar-refractivity contribution in [1.29, 1.82) is 0 Å². The van der Waals surface area contributed by atoms with Gasteiger partial charge in [0.2, 0.25) is 11.9 Å². The molecule has 12 heteroatoms. The Kier molecular flexibility index (Phi) is 10.4. The lowest BCUT2D eigenvalue weighted by Gasteiger charge is -2.47. The molecule has 2 N–H and O–H groups in total. The van der Waals surface area contributed by atoms with Gasteiger partial charge in [0.1, 0.15) is 0 Å². The normalized spacial score (nSPS) is 18.5. The van der Waals surface area contributed by atoms with Crippen molar-refractivity contribution in [3.63, 3.8) is 0 Å². The molecular formula is C38H44N10O2. The monoisotopic (exact) mass is 672 g/mol. The van der Waals surface area contributed by atoms with E-state index in [9.17, 15) is 0 Å². The van der Waals surface area contributed by atoms with Crippen LogP contribution in [-0.2, 0) is 6.54 Å². The molecule has 0 amide bonds. The third-order valence-electron chi connectivity index (χ3n) is 9.87. The summed E-state index contributed by atoms with van der Waals surface area (Å²) in [6.07, 6.45) is 18.5. The molecule has 2 aliphatic rings. The molecule has 6 heterocycles. The van der Waals surface area contributed by atoms with Crippen LogP contribution in [0.1, 0.15) is 38.2 Å². The number of ether oxygens (including phenoxy) is 2. The van der Waals surface area contributed by atoms with Crippen LogP contribution >= 0.6 is 0 Å². The highest BCUT2D eigenvalue weighted by Gasteiger charge is 2.39. The number of hydrogen-bond donors (Lipinski definition) is 1. The largest absolute Gasteiger partial charge is 0.493 e. The Labute approximate surface area is 293 Å². The summed E-state index contributed by atoms with van der Waals surface area (Å²) in [6, 6.07) is 14.4. The Hall–Kier alpha value is -5.20. The van der Waals surface area contributed by atoms with Gasteiger partial charge in [0, 0.05) is 91.0 Å². The number of rotatable bonds is 11. The van der Waals surface area contributed by atoms with E-state index in [4.69, 9.17) is 25.3 Å². The number of methoxy groups -OCH3 is 1. The second-order valence-electron chi connectivity index (χ2n) is 12.9. The summed E-state index contributed by atoms with van der Waals surface area (Å²) < 4.78 is 11.3. The summed E-state index contributed by atoms with van der Waals surface area (Å²) in [5, 5.41) is 1.76. The fourth-order valence-corrected chi connectivity index (χ4v) is 7.22. The maximum Gasteiger partial charge on any atom is 0.240 e. The predicted molar refractivity (Wildman–Crippen MR) is 194 cm³/mol. The molecule has 5 aromatic rings. The topological polar surface area (TPSA) is 132 Å². The first-order chi connectivity index (χ1) is 24.6. The molecule has 0 aliphatic carbocycles. The molecule has 2 atom stereocenters. The molecular weight excluding hydrogens is 628 g/mol. The Balaban J connectivity index is 1.07. The number of nitrogens with zero attached hydrogens (tertiary/aromatic N) is 9. The van der Waals surface area contributed by atoms with E-state index in [1.54, 1.807) is 24.5 Å². The van der Waals surface area contributed by atoms with Crippen LogP contribution in [0.25, 0.3) is 22.3 Å². The van der Waals surface area contributed by atoms with Crippen LogP contribution in [0.5, 0.6) is 11.5 Å². The quantitative estimate of drug-likeness (QED) is 0.142. The van der Waals surface area contributed by atoms with Crippen LogP contribution in [0.2, 0.25) is 0 Å². The van der Waals surface area contributed by atoms with E-state index < -0.39 is 0 Å². The summed E-state index contributed by atoms with van der Waals surface area (Å²) in [5.74, 6) is 10.1. The molecule has 0 radical (unpaired) electrons. The molecule has 2 saturated heterocycles. The van der Waals surface area contributed by atoms with Gasteiger partial charge in [-0.3, -0.25) is 19.9 Å². The van der Waals surface area contributed by atoms with Crippen molar-refractivity contribution in [3.05, 3.63) is 97.6 Å². The van der Waals surface area contributed by atoms with Gasteiger partial charge in [-0.05, 0) is 81.4 Å². The highest BCUT2D eigenvalue weighted by molar-refractivity contribution is 5.61. The lowest BCUT2D eigenvalue weighted by Crippen LogP contribution is -2.56. The van der Waals surface area contributed by atoms with E-state index in [0.717, 1.165) is 91.6 Å². The van der Waals surface area contributed by atoms with Gasteiger partial charge in [-0.15, -0.1) is 0 Å². The molecule has 0 spiro atoms. The zero-order valence-electron chi connectivity index (χ0n) is 28.7. The van der Waals surface area contributed by atoms with Gasteiger partial charge in [0.25, 0.3) is 0 Å². The molecule has 7 rings (SSSR count). The molecule has 1 aromatic carbocycles. The summed E-state index contributed by atoms with van der Waals surface area (Å²) >= 11 is 0. The van der Waals surface area contributed by atoms with E-state index in [0.29, 0.717) is 18.5 Å². The lowest BCUT2D eigenvalue weighted by atomic mass is 9.82. The minimum absolute atomic E-state index is 0.0736. The Morgan fingerprint density at radius 2 is 1.44 bits per heavy atom. The van der Waals surface area contributed by atoms with Crippen molar-refractivity contribution in [3.8, 4) is 33.8 Å². The first-order valence-corrected chi connectivity index (χ1v) is 17.4. The molecule has 2 fully saturated rings. The Morgan fingerprint density at radius 3 is 2.04 bits per heavy atom. The van der Waals surface area contributed by atoms with Crippen LogP contribution in [-0.4, -0.2) is 80.2 Å². The molecule has 0 saturated carbocycles. The Bertz CT molecular complexity index is 1800. The highest BCUT2D eigenvalue weighted by atomic mass is 16.5. The van der Waals surface area contributed by atoms with E-state index in [1.165, 1.54) is 5.56 Å². The average molecular weight is 673 g/mol. The van der Waals surface area contributed by atoms with Crippen molar-refractivity contribution >= 4 is 11.9 Å². The number of benzene rings is 1. The molecule has 12 nitrogen and oxygen atoms in total. The minimum atomic E-state index is 0.0736. The van der Waals surface area contributed by atoms with Gasteiger partial charge >= 0.3 is 0 Å². The second kappa shape index (κ2) is 15.6.